The van der Waals surface area contributed by atoms with Crippen molar-refractivity contribution in [1.29, 1.82) is 0 Å². The first-order chi connectivity index (χ1) is 12.9. The summed E-state index contributed by atoms with van der Waals surface area (Å²) in [4.78, 5) is 0. The molecule has 1 aromatic heterocycles. The lowest BCUT2D eigenvalue weighted by atomic mass is 9.87. The second-order valence-electron chi connectivity index (χ2n) is 7.24. The van der Waals surface area contributed by atoms with Gasteiger partial charge in [0.2, 0.25) is 4.77 Å². The minimum atomic E-state index is 0.127. The Labute approximate surface area is 164 Å². The molecule has 1 N–H and O–H groups in total. The Morgan fingerprint density at radius 3 is 2.59 bits per heavy atom. The molecule has 0 fully saturated rings. The number of rotatable bonds is 5. The molecule has 3 aromatic rings. The molecule has 0 radical (unpaired) electrons. The lowest BCUT2D eigenvalue weighted by molar-refractivity contribution is 0.340. The van der Waals surface area contributed by atoms with Crippen molar-refractivity contribution in [3.05, 3.63) is 64.4 Å². The summed E-state index contributed by atoms with van der Waals surface area (Å²) in [6.45, 7) is 9.16. The predicted molar refractivity (Wildman–Crippen MR) is 112 cm³/mol. The van der Waals surface area contributed by atoms with E-state index in [0.29, 0.717) is 17.2 Å². The van der Waals surface area contributed by atoms with E-state index in [-0.39, 0.29) is 5.41 Å². The van der Waals surface area contributed by atoms with Gasteiger partial charge in [-0.25, -0.2) is 5.10 Å². The highest BCUT2D eigenvalue weighted by molar-refractivity contribution is 7.71. The van der Waals surface area contributed by atoms with Crippen molar-refractivity contribution in [2.45, 2.75) is 33.1 Å². The number of ether oxygens (including phenoxy) is 1. The lowest BCUT2D eigenvalue weighted by Crippen LogP contribution is -2.10. The highest BCUT2D eigenvalue weighted by atomic mass is 32.1. The Bertz CT molecular complexity index is 994. The number of H-pyrrole nitrogens is 1. The van der Waals surface area contributed by atoms with Gasteiger partial charge >= 0.3 is 0 Å². The molecular formula is C21H24N4OS. The quantitative estimate of drug-likeness (QED) is 0.490. The molecule has 3 rings (SSSR count). The molecule has 5 nitrogen and oxygen atoms in total. The average molecular weight is 381 g/mol. The molecule has 0 aliphatic rings. The van der Waals surface area contributed by atoms with Gasteiger partial charge in [-0.1, -0.05) is 57.2 Å². The van der Waals surface area contributed by atoms with Crippen LogP contribution in [0.5, 0.6) is 5.75 Å². The van der Waals surface area contributed by atoms with Crippen LogP contribution in [0.25, 0.3) is 11.4 Å². The van der Waals surface area contributed by atoms with Crippen LogP contribution < -0.4 is 4.74 Å². The molecule has 0 spiro atoms. The van der Waals surface area contributed by atoms with E-state index in [4.69, 9.17) is 17.0 Å². The normalized spacial score (nSPS) is 11.9. The molecule has 140 valence electrons. The summed E-state index contributed by atoms with van der Waals surface area (Å²) >= 11 is 5.34. The van der Waals surface area contributed by atoms with Gasteiger partial charge in [0.05, 0.1) is 12.8 Å². The van der Waals surface area contributed by atoms with Gasteiger partial charge in [-0.2, -0.15) is 14.9 Å². The second-order valence-corrected chi connectivity index (χ2v) is 7.63. The van der Waals surface area contributed by atoms with Crippen LogP contribution in [0.4, 0.5) is 0 Å². The van der Waals surface area contributed by atoms with Crippen LogP contribution in [0, 0.1) is 4.77 Å². The Balaban J connectivity index is 1.90. The van der Waals surface area contributed by atoms with Crippen molar-refractivity contribution in [2.75, 3.05) is 6.61 Å². The number of aromatic nitrogens is 3. The van der Waals surface area contributed by atoms with Gasteiger partial charge in [0.25, 0.3) is 0 Å². The first kappa shape index (κ1) is 19.0. The second kappa shape index (κ2) is 7.88. The van der Waals surface area contributed by atoms with Crippen LogP contribution in [-0.4, -0.2) is 27.7 Å². The summed E-state index contributed by atoms with van der Waals surface area (Å²) in [5.74, 6) is 1.43. The van der Waals surface area contributed by atoms with E-state index in [9.17, 15) is 0 Å². The first-order valence-electron chi connectivity index (χ1n) is 8.94. The van der Waals surface area contributed by atoms with Crippen LogP contribution in [-0.2, 0) is 5.41 Å². The van der Waals surface area contributed by atoms with Gasteiger partial charge in [0.15, 0.2) is 5.82 Å². The number of nitrogens with one attached hydrogen (secondary N) is 1. The molecule has 6 heteroatoms. The molecule has 2 aromatic carbocycles. The van der Waals surface area contributed by atoms with Crippen LogP contribution >= 0.6 is 12.2 Å². The standard InChI is InChI=1S/C21H24N4OS/c1-5-26-18-8-6-7-16(13-18)19-23-24-20(27)25(19)22-14-15-9-11-17(12-10-15)21(2,3)4/h6-14H,5H2,1-4H3,(H,24,27). The van der Waals surface area contributed by atoms with Crippen LogP contribution in [0.1, 0.15) is 38.8 Å². The molecule has 0 saturated carbocycles. The van der Waals surface area contributed by atoms with Gasteiger partial charge in [0, 0.05) is 5.56 Å². The fourth-order valence-corrected chi connectivity index (χ4v) is 2.85. The summed E-state index contributed by atoms with van der Waals surface area (Å²) in [5.41, 5.74) is 3.29. The van der Waals surface area contributed by atoms with E-state index in [1.165, 1.54) is 5.56 Å². The molecule has 0 unspecified atom stereocenters. The zero-order valence-corrected chi connectivity index (χ0v) is 16.9. The molecule has 27 heavy (non-hydrogen) atoms. The maximum atomic E-state index is 5.57. The molecule has 0 amide bonds. The molecule has 0 aliphatic heterocycles. The van der Waals surface area contributed by atoms with Gasteiger partial charge in [0.1, 0.15) is 5.75 Å². The third-order valence-corrected chi connectivity index (χ3v) is 4.42. The summed E-state index contributed by atoms with van der Waals surface area (Å²) in [7, 11) is 0. The minimum Gasteiger partial charge on any atom is -0.494 e. The number of hydrogen-bond donors (Lipinski definition) is 1. The number of nitrogens with zero attached hydrogens (tertiary/aromatic N) is 3. The Kier molecular flexibility index (Phi) is 5.56. The summed E-state index contributed by atoms with van der Waals surface area (Å²) in [5, 5.41) is 11.7. The highest BCUT2D eigenvalue weighted by Crippen LogP contribution is 2.23. The monoisotopic (exact) mass is 380 g/mol. The fourth-order valence-electron chi connectivity index (χ4n) is 2.67. The van der Waals surface area contributed by atoms with E-state index < -0.39 is 0 Å². The van der Waals surface area contributed by atoms with Crippen molar-refractivity contribution < 1.29 is 4.74 Å². The van der Waals surface area contributed by atoms with E-state index in [2.05, 4.69) is 60.3 Å². The topological polar surface area (TPSA) is 55.2 Å². The third kappa shape index (κ3) is 4.52. The summed E-state index contributed by atoms with van der Waals surface area (Å²) in [6, 6.07) is 16.1. The van der Waals surface area contributed by atoms with Crippen LogP contribution in [0.15, 0.2) is 53.6 Å². The van der Waals surface area contributed by atoms with Crippen molar-refractivity contribution in [1.82, 2.24) is 14.9 Å². The Morgan fingerprint density at radius 1 is 1.19 bits per heavy atom. The molecule has 0 saturated heterocycles. The van der Waals surface area contributed by atoms with E-state index >= 15 is 0 Å². The smallest absolute Gasteiger partial charge is 0.216 e. The SMILES string of the molecule is CCOc1cccc(-c2n[nH]c(=S)n2N=Cc2ccc(C(C)(C)C)cc2)c1. The minimum absolute atomic E-state index is 0.127. The van der Waals surface area contributed by atoms with Crippen molar-refractivity contribution >= 4 is 18.4 Å². The maximum absolute atomic E-state index is 5.57. The average Bonchev–Trinajstić information content (AvgIpc) is 3.01. The van der Waals surface area contributed by atoms with E-state index in [0.717, 1.165) is 16.9 Å². The van der Waals surface area contributed by atoms with E-state index in [1.807, 2.05) is 31.2 Å². The van der Waals surface area contributed by atoms with Crippen molar-refractivity contribution in [3.63, 3.8) is 0 Å². The highest BCUT2D eigenvalue weighted by Gasteiger charge is 2.13. The molecule has 0 bridgehead atoms. The van der Waals surface area contributed by atoms with Crippen LogP contribution in [0.3, 0.4) is 0 Å². The summed E-state index contributed by atoms with van der Waals surface area (Å²) in [6.07, 6.45) is 1.79. The van der Waals surface area contributed by atoms with Gasteiger partial charge < -0.3 is 4.74 Å². The number of hydrogen-bond acceptors (Lipinski definition) is 4. The Hall–Kier alpha value is -2.73. The molecule has 1 heterocycles. The lowest BCUT2D eigenvalue weighted by Gasteiger charge is -2.18. The van der Waals surface area contributed by atoms with Crippen molar-refractivity contribution in [2.24, 2.45) is 5.10 Å². The Morgan fingerprint density at radius 2 is 1.93 bits per heavy atom. The predicted octanol–water partition coefficient (Wildman–Crippen LogP) is 5.19. The van der Waals surface area contributed by atoms with Gasteiger partial charge in [-0.3, -0.25) is 0 Å². The third-order valence-electron chi connectivity index (χ3n) is 4.15. The zero-order chi connectivity index (χ0) is 19.4. The van der Waals surface area contributed by atoms with Gasteiger partial charge in [-0.15, -0.1) is 0 Å². The molecular weight excluding hydrogens is 356 g/mol. The number of benzene rings is 2. The number of aromatic amines is 1. The largest absolute Gasteiger partial charge is 0.494 e. The van der Waals surface area contributed by atoms with Gasteiger partial charge in [-0.05, 0) is 47.8 Å². The van der Waals surface area contributed by atoms with Crippen molar-refractivity contribution in [3.8, 4) is 17.1 Å². The van der Waals surface area contributed by atoms with E-state index in [1.54, 1.807) is 10.9 Å². The zero-order valence-electron chi connectivity index (χ0n) is 16.1. The fraction of sp³-hybridized carbons (Fsp3) is 0.286. The maximum Gasteiger partial charge on any atom is 0.216 e. The molecule has 0 aliphatic carbocycles. The van der Waals surface area contributed by atoms with Crippen LogP contribution in [0.2, 0.25) is 0 Å². The summed E-state index contributed by atoms with van der Waals surface area (Å²) < 4.78 is 7.63. The molecule has 0 atom stereocenters. The first-order valence-corrected chi connectivity index (χ1v) is 9.35.